The van der Waals surface area contributed by atoms with Gasteiger partial charge in [0.15, 0.2) is 6.10 Å². The number of aromatic nitrogens is 1. The Kier molecular flexibility index (Phi) is 5.09. The van der Waals surface area contributed by atoms with Gasteiger partial charge in [0.25, 0.3) is 5.91 Å². The van der Waals surface area contributed by atoms with Gasteiger partial charge in [0.05, 0.1) is 11.4 Å². The van der Waals surface area contributed by atoms with Crippen molar-refractivity contribution < 1.29 is 32.6 Å². The zero-order chi connectivity index (χ0) is 18.1. The van der Waals surface area contributed by atoms with Crippen molar-refractivity contribution in [3.8, 4) is 0 Å². The largest absolute Gasteiger partial charge is 0.479 e. The first kappa shape index (κ1) is 18.1. The molecule has 0 radical (unpaired) electrons. The van der Waals surface area contributed by atoms with E-state index in [1.54, 1.807) is 6.92 Å². The van der Waals surface area contributed by atoms with Crippen LogP contribution in [-0.2, 0) is 15.7 Å². The van der Waals surface area contributed by atoms with Crippen LogP contribution >= 0.6 is 11.3 Å². The number of fused-ring (bicyclic) bond motifs is 1. The maximum absolute atomic E-state index is 12.7. The molecule has 0 saturated carbocycles. The monoisotopic (exact) mass is 362 g/mol. The van der Waals surface area contributed by atoms with Crippen LogP contribution in [0.2, 0.25) is 0 Å². The van der Waals surface area contributed by atoms with Gasteiger partial charge in [-0.15, -0.1) is 11.3 Å². The molecule has 0 aliphatic rings. The first-order valence-corrected chi connectivity index (χ1v) is 7.48. The second kappa shape index (κ2) is 6.73. The Hall–Kier alpha value is -2.20. The SMILES string of the molecule is COC(CNC(=O)c1sc2nc(C(F)(F)F)ccc2c1C)C(=O)O. The molecule has 0 bridgehead atoms. The van der Waals surface area contributed by atoms with Gasteiger partial charge >= 0.3 is 12.1 Å². The molecule has 10 heteroatoms. The highest BCUT2D eigenvalue weighted by atomic mass is 32.1. The third-order valence-electron chi connectivity index (χ3n) is 3.31. The molecule has 2 heterocycles. The molecular formula is C14H13F3N2O4S. The van der Waals surface area contributed by atoms with Crippen LogP contribution in [0.5, 0.6) is 0 Å². The highest BCUT2D eigenvalue weighted by Gasteiger charge is 2.33. The Labute approximate surface area is 138 Å². The van der Waals surface area contributed by atoms with E-state index in [1.807, 2.05) is 0 Å². The summed E-state index contributed by atoms with van der Waals surface area (Å²) >= 11 is 0.819. The van der Waals surface area contributed by atoms with Crippen molar-refractivity contribution in [1.29, 1.82) is 0 Å². The summed E-state index contributed by atoms with van der Waals surface area (Å²) < 4.78 is 42.8. The predicted molar refractivity (Wildman–Crippen MR) is 80.1 cm³/mol. The van der Waals surface area contributed by atoms with Crippen LogP contribution in [0.4, 0.5) is 13.2 Å². The zero-order valence-electron chi connectivity index (χ0n) is 12.6. The van der Waals surface area contributed by atoms with E-state index in [1.165, 1.54) is 13.2 Å². The van der Waals surface area contributed by atoms with Crippen LogP contribution in [0.3, 0.4) is 0 Å². The van der Waals surface area contributed by atoms with E-state index in [2.05, 4.69) is 10.3 Å². The molecule has 0 aromatic carbocycles. The van der Waals surface area contributed by atoms with E-state index in [-0.39, 0.29) is 16.3 Å². The van der Waals surface area contributed by atoms with Gasteiger partial charge in [-0.25, -0.2) is 9.78 Å². The van der Waals surface area contributed by atoms with E-state index in [4.69, 9.17) is 9.84 Å². The summed E-state index contributed by atoms with van der Waals surface area (Å²) in [6.07, 6.45) is -5.78. The number of nitrogens with one attached hydrogen (secondary N) is 1. The van der Waals surface area contributed by atoms with Crippen LogP contribution in [0, 0.1) is 6.92 Å². The summed E-state index contributed by atoms with van der Waals surface area (Å²) in [7, 11) is 1.19. The first-order valence-electron chi connectivity index (χ1n) is 6.66. The number of ether oxygens (including phenoxy) is 1. The van der Waals surface area contributed by atoms with Gasteiger partial charge in [0.2, 0.25) is 0 Å². The smallest absolute Gasteiger partial charge is 0.433 e. The van der Waals surface area contributed by atoms with Crippen LogP contribution in [-0.4, -0.2) is 41.7 Å². The minimum absolute atomic E-state index is 0.0917. The molecule has 24 heavy (non-hydrogen) atoms. The van der Waals surface area contributed by atoms with Crippen LogP contribution in [0.25, 0.3) is 10.2 Å². The number of amides is 1. The molecule has 0 saturated heterocycles. The van der Waals surface area contributed by atoms with Crippen molar-refractivity contribution in [2.45, 2.75) is 19.2 Å². The molecule has 2 aromatic heterocycles. The molecule has 1 amide bonds. The first-order chi connectivity index (χ1) is 11.1. The topological polar surface area (TPSA) is 88.5 Å². The molecule has 6 nitrogen and oxygen atoms in total. The number of rotatable bonds is 5. The number of thiophene rings is 1. The Morgan fingerprint density at radius 3 is 2.62 bits per heavy atom. The highest BCUT2D eigenvalue weighted by molar-refractivity contribution is 7.20. The number of carbonyl (C=O) groups excluding carboxylic acids is 1. The minimum atomic E-state index is -4.57. The maximum Gasteiger partial charge on any atom is 0.433 e. The molecule has 2 N–H and O–H groups in total. The summed E-state index contributed by atoms with van der Waals surface area (Å²) in [4.78, 5) is 26.8. The van der Waals surface area contributed by atoms with Gasteiger partial charge in [-0.1, -0.05) is 0 Å². The standard InChI is InChI=1S/C14H13F3N2O4S/c1-6-7-3-4-9(14(15,16)17)19-12(7)24-10(6)11(20)18-5-8(23-2)13(21)22/h3-4,8H,5H2,1-2H3,(H,18,20)(H,21,22). The summed E-state index contributed by atoms with van der Waals surface area (Å²) in [5, 5.41) is 11.7. The minimum Gasteiger partial charge on any atom is -0.479 e. The number of carboxylic acid groups (broad SMARTS) is 1. The zero-order valence-corrected chi connectivity index (χ0v) is 13.4. The fourth-order valence-corrected chi connectivity index (χ4v) is 3.11. The van der Waals surface area contributed by atoms with Crippen molar-refractivity contribution in [3.05, 3.63) is 28.3 Å². The van der Waals surface area contributed by atoms with Gasteiger partial charge in [-0.05, 0) is 24.6 Å². The van der Waals surface area contributed by atoms with Gasteiger partial charge in [-0.3, -0.25) is 4.79 Å². The van der Waals surface area contributed by atoms with Crippen LogP contribution in [0.15, 0.2) is 12.1 Å². The fraction of sp³-hybridized carbons (Fsp3) is 0.357. The average molecular weight is 362 g/mol. The maximum atomic E-state index is 12.7. The number of hydrogen-bond donors (Lipinski definition) is 2. The predicted octanol–water partition coefficient (Wildman–Crippen LogP) is 2.45. The van der Waals surface area contributed by atoms with E-state index in [0.717, 1.165) is 17.4 Å². The van der Waals surface area contributed by atoms with Gasteiger partial charge in [0, 0.05) is 12.5 Å². The molecule has 0 fully saturated rings. The van der Waals surface area contributed by atoms with E-state index >= 15 is 0 Å². The third-order valence-corrected chi connectivity index (χ3v) is 4.51. The number of aliphatic carboxylic acids is 1. The molecule has 2 rings (SSSR count). The lowest BCUT2D eigenvalue weighted by Crippen LogP contribution is -2.37. The van der Waals surface area contributed by atoms with Crippen molar-refractivity contribution in [2.75, 3.05) is 13.7 Å². The summed E-state index contributed by atoms with van der Waals surface area (Å²) in [5.41, 5.74) is -0.549. The van der Waals surface area contributed by atoms with E-state index in [0.29, 0.717) is 10.9 Å². The molecular weight excluding hydrogens is 349 g/mol. The molecule has 2 aromatic rings. The normalized spacial score (nSPS) is 13.0. The molecule has 0 aliphatic heterocycles. The Morgan fingerprint density at radius 1 is 1.42 bits per heavy atom. The van der Waals surface area contributed by atoms with Gasteiger partial charge < -0.3 is 15.2 Å². The number of halogens is 3. The molecule has 0 spiro atoms. The highest BCUT2D eigenvalue weighted by Crippen LogP contribution is 2.34. The lowest BCUT2D eigenvalue weighted by Gasteiger charge is -2.11. The number of aryl methyl sites for hydroxylation is 1. The number of pyridine rings is 1. The van der Waals surface area contributed by atoms with Crippen LogP contribution < -0.4 is 5.32 Å². The molecule has 130 valence electrons. The van der Waals surface area contributed by atoms with Crippen LogP contribution in [0.1, 0.15) is 20.9 Å². The number of hydrogen-bond acceptors (Lipinski definition) is 5. The van der Waals surface area contributed by atoms with E-state index in [9.17, 15) is 22.8 Å². The second-order valence-corrected chi connectivity index (χ2v) is 5.87. The number of nitrogens with zero attached hydrogens (tertiary/aromatic N) is 1. The molecule has 1 unspecified atom stereocenters. The third kappa shape index (κ3) is 3.65. The van der Waals surface area contributed by atoms with E-state index < -0.39 is 29.9 Å². The summed E-state index contributed by atoms with van der Waals surface area (Å²) in [6, 6.07) is 2.12. The number of carboxylic acids is 1. The number of alkyl halides is 3. The van der Waals surface area contributed by atoms with Gasteiger partial charge in [-0.2, -0.15) is 13.2 Å². The second-order valence-electron chi connectivity index (χ2n) is 4.88. The molecule has 1 atom stereocenters. The number of methoxy groups -OCH3 is 1. The van der Waals surface area contributed by atoms with Crippen molar-refractivity contribution in [1.82, 2.24) is 10.3 Å². The summed E-state index contributed by atoms with van der Waals surface area (Å²) in [6.45, 7) is 1.33. The lowest BCUT2D eigenvalue weighted by molar-refractivity contribution is -0.148. The lowest BCUT2D eigenvalue weighted by atomic mass is 10.1. The fourth-order valence-electron chi connectivity index (χ4n) is 2.01. The quantitative estimate of drug-likeness (QED) is 0.853. The van der Waals surface area contributed by atoms with Crippen molar-refractivity contribution in [2.24, 2.45) is 0 Å². The Bertz CT molecular complexity index is 788. The Morgan fingerprint density at radius 2 is 2.08 bits per heavy atom. The molecule has 0 aliphatic carbocycles. The summed E-state index contributed by atoms with van der Waals surface area (Å²) in [5.74, 6) is -1.82. The van der Waals surface area contributed by atoms with Crippen molar-refractivity contribution >= 4 is 33.4 Å². The number of carbonyl (C=O) groups is 2. The van der Waals surface area contributed by atoms with Gasteiger partial charge in [0.1, 0.15) is 10.5 Å². The van der Waals surface area contributed by atoms with Crippen molar-refractivity contribution in [3.63, 3.8) is 0 Å². The average Bonchev–Trinajstić information content (AvgIpc) is 2.83. The Balaban J connectivity index is 2.27.